The number of carbonyl (C=O) groups excluding carboxylic acids is 4. The van der Waals surface area contributed by atoms with E-state index in [2.05, 4.69) is 20.9 Å². The van der Waals surface area contributed by atoms with Crippen LogP contribution >= 0.6 is 0 Å². The highest BCUT2D eigenvalue weighted by molar-refractivity contribution is 5.93. The van der Waals surface area contributed by atoms with Gasteiger partial charge in [0.1, 0.15) is 17.8 Å². The smallest absolute Gasteiger partial charge is 0.326 e. The number of allylic oxidation sites excluding steroid dienone is 1. The highest BCUT2D eigenvalue weighted by Gasteiger charge is 2.30. The van der Waals surface area contributed by atoms with Crippen molar-refractivity contribution in [1.29, 1.82) is 0 Å². The number of aromatic nitrogens is 1. The number of hydrogen-bond donors (Lipinski definition) is 5. The molecule has 0 saturated heterocycles. The summed E-state index contributed by atoms with van der Waals surface area (Å²) >= 11 is 0. The number of amides is 3. The van der Waals surface area contributed by atoms with Gasteiger partial charge in [-0.05, 0) is 95.0 Å². The van der Waals surface area contributed by atoms with Gasteiger partial charge in [-0.2, -0.15) is 0 Å². The molecule has 0 bridgehead atoms. The Morgan fingerprint density at radius 3 is 1.95 bits per heavy atom. The maximum atomic E-state index is 13.9. The van der Waals surface area contributed by atoms with E-state index in [1.807, 2.05) is 84.9 Å². The number of carboxylic acid groups (broad SMARTS) is 1. The first-order valence-electron chi connectivity index (χ1n) is 19.4. The van der Waals surface area contributed by atoms with Gasteiger partial charge in [-0.15, -0.1) is 0 Å². The largest absolute Gasteiger partial charge is 0.484 e. The van der Waals surface area contributed by atoms with Crippen LogP contribution in [0.5, 0.6) is 5.75 Å². The molecule has 0 fully saturated rings. The highest BCUT2D eigenvalue weighted by atomic mass is 16.5. The van der Waals surface area contributed by atoms with Crippen molar-refractivity contribution in [2.45, 2.75) is 63.2 Å². The number of nitrogens with one attached hydrogen (secondary N) is 3. The molecule has 0 unspecified atom stereocenters. The summed E-state index contributed by atoms with van der Waals surface area (Å²) in [5, 5.41) is 18.3. The zero-order chi connectivity index (χ0) is 41.7. The lowest BCUT2D eigenvalue weighted by Gasteiger charge is -2.24. The van der Waals surface area contributed by atoms with Crippen LogP contribution in [-0.2, 0) is 49.7 Å². The second kappa shape index (κ2) is 20.0. The van der Waals surface area contributed by atoms with Crippen LogP contribution in [0.15, 0.2) is 134 Å². The van der Waals surface area contributed by atoms with Gasteiger partial charge in [0.25, 0.3) is 5.91 Å². The molecule has 5 aromatic rings. The summed E-state index contributed by atoms with van der Waals surface area (Å²) in [6, 6.07) is 31.4. The molecule has 1 aromatic heterocycles. The van der Waals surface area contributed by atoms with Crippen LogP contribution in [0, 0.1) is 0 Å². The molecule has 1 aliphatic rings. The Balaban J connectivity index is 1.07. The first-order chi connectivity index (χ1) is 28.5. The summed E-state index contributed by atoms with van der Waals surface area (Å²) in [6.45, 7) is 1.07. The summed E-state index contributed by atoms with van der Waals surface area (Å²) < 4.78 is 5.63. The lowest BCUT2D eigenvalue weighted by atomic mass is 9.97. The highest BCUT2D eigenvalue weighted by Crippen LogP contribution is 2.30. The Morgan fingerprint density at radius 1 is 0.661 bits per heavy atom. The summed E-state index contributed by atoms with van der Waals surface area (Å²) in [7, 11) is 0. The molecule has 12 nitrogen and oxygen atoms in total. The maximum Gasteiger partial charge on any atom is 0.326 e. The van der Waals surface area contributed by atoms with E-state index in [4.69, 9.17) is 10.5 Å². The lowest BCUT2D eigenvalue weighted by Crippen LogP contribution is -2.55. The van der Waals surface area contributed by atoms with E-state index in [1.165, 1.54) is 6.92 Å². The molecule has 1 heterocycles. The number of nitrogens with zero attached hydrogens (tertiary/aromatic N) is 1. The molecule has 3 amide bonds. The molecule has 59 heavy (non-hydrogen) atoms. The van der Waals surface area contributed by atoms with Gasteiger partial charge in [-0.1, -0.05) is 97.1 Å². The molecule has 6 N–H and O–H groups in total. The van der Waals surface area contributed by atoms with Crippen LogP contribution in [0.3, 0.4) is 0 Å². The number of fused-ring (bicyclic) bond motifs is 1. The van der Waals surface area contributed by atoms with Gasteiger partial charge in [0.2, 0.25) is 11.8 Å². The normalized spacial score (nSPS) is 13.8. The number of aliphatic carboxylic acids is 1. The number of nitrogens with two attached hydrogens (primary N) is 1. The number of carboxylic acids is 1. The average molecular weight is 794 g/mol. The van der Waals surface area contributed by atoms with Crippen LogP contribution < -0.4 is 26.4 Å². The van der Waals surface area contributed by atoms with E-state index in [-0.39, 0.29) is 31.7 Å². The van der Waals surface area contributed by atoms with Gasteiger partial charge in [-0.25, -0.2) is 4.79 Å². The molecule has 6 rings (SSSR count). The molecule has 0 radical (unpaired) electrons. The number of carbonyl (C=O) groups is 5. The first-order valence-corrected chi connectivity index (χ1v) is 19.4. The zero-order valence-electron chi connectivity index (χ0n) is 32.7. The molecule has 4 atom stereocenters. The Morgan fingerprint density at radius 2 is 1.25 bits per heavy atom. The number of hydrogen-bond acceptors (Lipinski definition) is 8. The van der Waals surface area contributed by atoms with Crippen molar-refractivity contribution >= 4 is 35.0 Å². The van der Waals surface area contributed by atoms with Crippen molar-refractivity contribution < 1.29 is 33.8 Å². The third kappa shape index (κ3) is 11.8. The minimum atomic E-state index is -1.33. The van der Waals surface area contributed by atoms with Gasteiger partial charge in [0.05, 0.1) is 12.1 Å². The van der Waals surface area contributed by atoms with Crippen molar-refractivity contribution in [2.75, 3.05) is 6.61 Å². The number of ether oxygens (including phenoxy) is 1. The SMILES string of the molecule is CC(=O)[C@H](Cc1ccncc1)NC(=O)COc1ccc(C[C@H](NC(=O)[C@H](CC2=CCc3ccccc32)NC(=O)[C@H](N)Cc2ccc(-c3ccccc3)cc2)C(=O)O)cc1. The maximum absolute atomic E-state index is 13.9. The van der Waals surface area contributed by atoms with E-state index in [1.54, 1.807) is 48.8 Å². The first kappa shape index (κ1) is 41.7. The van der Waals surface area contributed by atoms with Gasteiger partial charge in [0, 0.05) is 25.2 Å². The predicted molar refractivity (Wildman–Crippen MR) is 224 cm³/mol. The van der Waals surface area contributed by atoms with E-state index in [0.29, 0.717) is 24.2 Å². The lowest BCUT2D eigenvalue weighted by molar-refractivity contribution is -0.142. The standard InChI is InChI=1S/C47H47N5O7/c1-30(53)41(26-33-21-23-49-24-22-33)50-44(54)29-59-38-19-13-32(14-20-38)27-43(47(57)58)52-46(56)42(28-37-18-17-36-9-5-6-10-39(36)37)51-45(55)40(48)25-31-11-15-35(16-12-31)34-7-3-2-4-8-34/h2-16,18-24,40-43H,17,25-29,48H2,1H3,(H,50,54)(H,51,55)(H,52,56)(H,57,58)/t40-,41+,42+,43+/m1/s1. The molecule has 12 heteroatoms. The fourth-order valence-electron chi connectivity index (χ4n) is 6.93. The van der Waals surface area contributed by atoms with Crippen molar-refractivity contribution in [3.05, 3.63) is 162 Å². The average Bonchev–Trinajstić information content (AvgIpc) is 3.66. The van der Waals surface area contributed by atoms with Crippen molar-refractivity contribution in [3.8, 4) is 16.9 Å². The van der Waals surface area contributed by atoms with Crippen LogP contribution in [0.4, 0.5) is 0 Å². The zero-order valence-corrected chi connectivity index (χ0v) is 32.7. The molecular formula is C47H47N5O7. The van der Waals surface area contributed by atoms with Crippen LogP contribution in [-0.4, -0.2) is 70.3 Å². The number of ketones is 1. The quantitative estimate of drug-likeness (QED) is 0.0794. The molecule has 0 aliphatic heterocycles. The molecule has 302 valence electrons. The Bertz CT molecular complexity index is 2280. The second-order valence-electron chi connectivity index (χ2n) is 14.6. The molecule has 1 aliphatic carbocycles. The van der Waals surface area contributed by atoms with Gasteiger partial charge < -0.3 is 31.5 Å². The molecule has 4 aromatic carbocycles. The number of rotatable bonds is 19. The summed E-state index contributed by atoms with van der Waals surface area (Å²) in [4.78, 5) is 68.7. The van der Waals surface area contributed by atoms with Crippen molar-refractivity contribution in [3.63, 3.8) is 0 Å². The van der Waals surface area contributed by atoms with E-state index in [0.717, 1.165) is 39.0 Å². The van der Waals surface area contributed by atoms with Crippen LogP contribution in [0.2, 0.25) is 0 Å². The summed E-state index contributed by atoms with van der Waals surface area (Å²) in [5.41, 5.74) is 13.7. The second-order valence-corrected chi connectivity index (χ2v) is 14.6. The fourth-order valence-corrected chi connectivity index (χ4v) is 6.93. The van der Waals surface area contributed by atoms with Crippen LogP contribution in [0.25, 0.3) is 16.7 Å². The minimum absolute atomic E-state index is 0.0676. The Hall–Kier alpha value is -6.92. The number of benzene rings is 4. The van der Waals surface area contributed by atoms with E-state index < -0.39 is 47.9 Å². The third-order valence-corrected chi connectivity index (χ3v) is 10.2. The van der Waals surface area contributed by atoms with E-state index >= 15 is 0 Å². The molecular weight excluding hydrogens is 747 g/mol. The molecule has 0 saturated carbocycles. The summed E-state index contributed by atoms with van der Waals surface area (Å²) in [5.74, 6) is -2.77. The van der Waals surface area contributed by atoms with Gasteiger partial charge in [0.15, 0.2) is 12.4 Å². The number of Topliss-reactive ketones (excluding diaryl/α,β-unsaturated/α-hetero) is 1. The Kier molecular flexibility index (Phi) is 14.1. The predicted octanol–water partition coefficient (Wildman–Crippen LogP) is 4.64. The van der Waals surface area contributed by atoms with Crippen molar-refractivity contribution in [1.82, 2.24) is 20.9 Å². The third-order valence-electron chi connectivity index (χ3n) is 10.2. The Labute approximate surface area is 342 Å². The van der Waals surface area contributed by atoms with Crippen LogP contribution in [0.1, 0.15) is 41.2 Å². The van der Waals surface area contributed by atoms with Crippen molar-refractivity contribution in [2.24, 2.45) is 5.73 Å². The topological polar surface area (TPSA) is 190 Å². The minimum Gasteiger partial charge on any atom is -0.484 e. The fraction of sp³-hybridized carbons (Fsp3) is 0.234. The monoisotopic (exact) mass is 793 g/mol. The van der Waals surface area contributed by atoms with Gasteiger partial charge >= 0.3 is 5.97 Å². The number of pyridine rings is 1. The van der Waals surface area contributed by atoms with E-state index in [9.17, 15) is 29.1 Å². The van der Waals surface area contributed by atoms with Gasteiger partial charge in [-0.3, -0.25) is 24.2 Å². The summed E-state index contributed by atoms with van der Waals surface area (Å²) in [6.07, 6.45) is 6.54. The molecule has 0 spiro atoms.